The van der Waals surface area contributed by atoms with Crippen LogP contribution in [-0.4, -0.2) is 35.6 Å². The van der Waals surface area contributed by atoms with Crippen LogP contribution >= 0.6 is 11.6 Å². The van der Waals surface area contributed by atoms with Crippen LogP contribution < -0.4 is 10.6 Å². The first kappa shape index (κ1) is 16.1. The molecule has 1 rings (SSSR count). The summed E-state index contributed by atoms with van der Waals surface area (Å²) in [5.74, 6) is -0.264. The molecule has 0 aliphatic heterocycles. The number of alkyl halides is 1. The van der Waals surface area contributed by atoms with E-state index in [2.05, 4.69) is 10.6 Å². The minimum absolute atomic E-state index is 0.0599. The lowest BCUT2D eigenvalue weighted by atomic mass is 9.90. The standard InChI is InChI=1S/C13H23ClN2O3/c1-13(2,3)19-12(18)16-10-7-5-4-6-9(10)15-11(17)8-14/h9-10H,4-8H2,1-3H3,(H,15,17)(H,16,18)/t9-,10+/m1/s1. The van der Waals surface area contributed by atoms with E-state index in [0.717, 1.165) is 25.7 Å². The minimum Gasteiger partial charge on any atom is -0.444 e. The molecule has 6 heteroatoms. The first-order chi connectivity index (χ1) is 8.81. The van der Waals surface area contributed by atoms with Gasteiger partial charge in [0.05, 0.1) is 6.04 Å². The van der Waals surface area contributed by atoms with Gasteiger partial charge >= 0.3 is 6.09 Å². The van der Waals surface area contributed by atoms with Crippen LogP contribution in [0.5, 0.6) is 0 Å². The van der Waals surface area contributed by atoms with Crippen LogP contribution in [0.4, 0.5) is 4.79 Å². The maximum atomic E-state index is 11.8. The Hall–Kier alpha value is -0.970. The first-order valence-electron chi connectivity index (χ1n) is 6.66. The molecule has 110 valence electrons. The van der Waals surface area contributed by atoms with Crippen LogP contribution in [0.15, 0.2) is 0 Å². The number of rotatable bonds is 3. The van der Waals surface area contributed by atoms with Crippen LogP contribution in [0.3, 0.4) is 0 Å². The molecule has 2 atom stereocenters. The Morgan fingerprint density at radius 3 is 2.16 bits per heavy atom. The van der Waals surface area contributed by atoms with Crippen molar-refractivity contribution in [2.75, 3.05) is 5.88 Å². The second-order valence-electron chi connectivity index (χ2n) is 5.84. The quantitative estimate of drug-likeness (QED) is 0.783. The summed E-state index contributed by atoms with van der Waals surface area (Å²) < 4.78 is 5.23. The Labute approximate surface area is 119 Å². The summed E-state index contributed by atoms with van der Waals surface area (Å²) >= 11 is 5.49. The van der Waals surface area contributed by atoms with Gasteiger partial charge in [-0.2, -0.15) is 0 Å². The van der Waals surface area contributed by atoms with Gasteiger partial charge < -0.3 is 15.4 Å². The summed E-state index contributed by atoms with van der Waals surface area (Å²) in [5, 5.41) is 5.68. The van der Waals surface area contributed by atoms with E-state index >= 15 is 0 Å². The van der Waals surface area contributed by atoms with Crippen molar-refractivity contribution >= 4 is 23.6 Å². The number of carbonyl (C=O) groups is 2. The maximum Gasteiger partial charge on any atom is 0.407 e. The van der Waals surface area contributed by atoms with Gasteiger partial charge in [0.15, 0.2) is 0 Å². The normalized spacial score (nSPS) is 23.6. The molecule has 1 fully saturated rings. The molecule has 2 amide bonds. The molecule has 1 aliphatic rings. The molecule has 0 saturated heterocycles. The van der Waals surface area contributed by atoms with Gasteiger partial charge in [0.1, 0.15) is 11.5 Å². The van der Waals surface area contributed by atoms with E-state index in [1.807, 2.05) is 20.8 Å². The van der Waals surface area contributed by atoms with E-state index in [-0.39, 0.29) is 23.9 Å². The monoisotopic (exact) mass is 290 g/mol. The largest absolute Gasteiger partial charge is 0.444 e. The van der Waals surface area contributed by atoms with Crippen molar-refractivity contribution in [3.8, 4) is 0 Å². The number of hydrogen-bond donors (Lipinski definition) is 2. The number of halogens is 1. The zero-order chi connectivity index (χ0) is 14.5. The third-order valence-corrected chi connectivity index (χ3v) is 3.18. The number of nitrogens with one attached hydrogen (secondary N) is 2. The fourth-order valence-corrected chi connectivity index (χ4v) is 2.26. The van der Waals surface area contributed by atoms with Crippen molar-refractivity contribution in [1.82, 2.24) is 10.6 Å². The molecular formula is C13H23ClN2O3. The van der Waals surface area contributed by atoms with E-state index in [1.54, 1.807) is 0 Å². The number of carbonyl (C=O) groups excluding carboxylic acids is 2. The fraction of sp³-hybridized carbons (Fsp3) is 0.846. The van der Waals surface area contributed by atoms with Crippen LogP contribution in [0.1, 0.15) is 46.5 Å². The minimum atomic E-state index is -0.520. The predicted octanol–water partition coefficient (Wildman–Crippen LogP) is 2.18. The Bertz CT molecular complexity index is 328. The van der Waals surface area contributed by atoms with Crippen molar-refractivity contribution in [3.05, 3.63) is 0 Å². The summed E-state index contributed by atoms with van der Waals surface area (Å²) in [6, 6.07) is -0.150. The lowest BCUT2D eigenvalue weighted by Gasteiger charge is -2.33. The van der Waals surface area contributed by atoms with Crippen LogP contribution in [0.25, 0.3) is 0 Å². The van der Waals surface area contributed by atoms with E-state index in [0.29, 0.717) is 0 Å². The Morgan fingerprint density at radius 2 is 1.68 bits per heavy atom. The highest BCUT2D eigenvalue weighted by Crippen LogP contribution is 2.19. The first-order valence-corrected chi connectivity index (χ1v) is 7.20. The summed E-state index contributed by atoms with van der Waals surface area (Å²) in [6.07, 6.45) is 3.33. The molecule has 0 bridgehead atoms. The van der Waals surface area contributed by atoms with E-state index in [4.69, 9.17) is 16.3 Å². The molecule has 0 aromatic carbocycles. The molecule has 1 saturated carbocycles. The van der Waals surface area contributed by atoms with E-state index < -0.39 is 11.7 Å². The molecular weight excluding hydrogens is 268 g/mol. The number of alkyl carbamates (subject to hydrolysis) is 1. The Morgan fingerprint density at radius 1 is 1.16 bits per heavy atom. The smallest absolute Gasteiger partial charge is 0.407 e. The zero-order valence-electron chi connectivity index (χ0n) is 11.8. The lowest BCUT2D eigenvalue weighted by Crippen LogP contribution is -2.54. The number of hydrogen-bond acceptors (Lipinski definition) is 3. The molecule has 0 heterocycles. The Balaban J connectivity index is 2.52. The number of amides is 2. The highest BCUT2D eigenvalue weighted by Gasteiger charge is 2.29. The van der Waals surface area contributed by atoms with E-state index in [1.165, 1.54) is 0 Å². The van der Waals surface area contributed by atoms with Crippen molar-refractivity contribution in [3.63, 3.8) is 0 Å². The lowest BCUT2D eigenvalue weighted by molar-refractivity contribution is -0.119. The second-order valence-corrected chi connectivity index (χ2v) is 6.11. The highest BCUT2D eigenvalue weighted by atomic mass is 35.5. The van der Waals surface area contributed by atoms with Gasteiger partial charge in [-0.3, -0.25) is 4.79 Å². The third-order valence-electron chi connectivity index (χ3n) is 2.94. The molecule has 5 nitrogen and oxygen atoms in total. The molecule has 0 unspecified atom stereocenters. The van der Waals surface area contributed by atoms with Crippen LogP contribution in [0, 0.1) is 0 Å². The van der Waals surface area contributed by atoms with Gasteiger partial charge in [0, 0.05) is 6.04 Å². The summed E-state index contributed by atoms with van der Waals surface area (Å²) in [7, 11) is 0. The van der Waals surface area contributed by atoms with Gasteiger partial charge in [-0.25, -0.2) is 4.79 Å². The molecule has 2 N–H and O–H groups in total. The highest BCUT2D eigenvalue weighted by molar-refractivity contribution is 6.27. The van der Waals surface area contributed by atoms with Gasteiger partial charge in [0.2, 0.25) is 5.91 Å². The topological polar surface area (TPSA) is 67.4 Å². The summed E-state index contributed by atoms with van der Waals surface area (Å²) in [4.78, 5) is 23.1. The average molecular weight is 291 g/mol. The fourth-order valence-electron chi connectivity index (χ4n) is 2.18. The van der Waals surface area contributed by atoms with Crippen LogP contribution in [0.2, 0.25) is 0 Å². The predicted molar refractivity (Wildman–Crippen MR) is 74.3 cm³/mol. The van der Waals surface area contributed by atoms with Crippen LogP contribution in [-0.2, 0) is 9.53 Å². The maximum absolute atomic E-state index is 11.8. The third kappa shape index (κ3) is 6.14. The van der Waals surface area contributed by atoms with Gasteiger partial charge in [0.25, 0.3) is 0 Å². The van der Waals surface area contributed by atoms with Crippen molar-refractivity contribution < 1.29 is 14.3 Å². The SMILES string of the molecule is CC(C)(C)OC(=O)N[C@H]1CCCC[C@H]1NC(=O)CCl. The van der Waals surface area contributed by atoms with Gasteiger partial charge in [-0.15, -0.1) is 11.6 Å². The molecule has 1 aliphatic carbocycles. The van der Waals surface area contributed by atoms with Gasteiger partial charge in [-0.1, -0.05) is 12.8 Å². The second kappa shape index (κ2) is 6.98. The molecule has 0 radical (unpaired) electrons. The number of ether oxygens (including phenoxy) is 1. The molecule has 19 heavy (non-hydrogen) atoms. The molecule has 0 spiro atoms. The van der Waals surface area contributed by atoms with Crippen molar-refractivity contribution in [2.45, 2.75) is 64.1 Å². The zero-order valence-corrected chi connectivity index (χ0v) is 12.5. The van der Waals surface area contributed by atoms with Crippen molar-refractivity contribution in [2.24, 2.45) is 0 Å². The van der Waals surface area contributed by atoms with E-state index in [9.17, 15) is 9.59 Å². The van der Waals surface area contributed by atoms with Gasteiger partial charge in [-0.05, 0) is 33.6 Å². The summed E-state index contributed by atoms with van der Waals surface area (Å²) in [5.41, 5.74) is -0.520. The average Bonchev–Trinajstić information content (AvgIpc) is 2.29. The molecule has 0 aromatic heterocycles. The van der Waals surface area contributed by atoms with Crippen molar-refractivity contribution in [1.29, 1.82) is 0 Å². The molecule has 0 aromatic rings. The summed E-state index contributed by atoms with van der Waals surface area (Å²) in [6.45, 7) is 5.46. The Kier molecular flexibility index (Phi) is 5.91.